The molecule has 0 radical (unpaired) electrons. The van der Waals surface area contributed by atoms with Crippen LogP contribution >= 0.6 is 0 Å². The second-order valence-corrected chi connectivity index (χ2v) is 26.7. The summed E-state index contributed by atoms with van der Waals surface area (Å²) in [5, 5.41) is 76.6. The van der Waals surface area contributed by atoms with E-state index in [0.717, 1.165) is 44.9 Å². The Morgan fingerprint density at radius 3 is 1.02 bits per heavy atom. The molecular weight excluding hydrogens is 1090 g/mol. The fourth-order valence-corrected chi connectivity index (χ4v) is 12.4. The Balaban J connectivity index is 2.19. The number of rotatable bonds is 67. The number of ether oxygens (including phenoxy) is 2. The van der Waals surface area contributed by atoms with Gasteiger partial charge in [-0.15, -0.1) is 0 Å². The van der Waals surface area contributed by atoms with Gasteiger partial charge in [0.05, 0.1) is 25.4 Å². The van der Waals surface area contributed by atoms with Crippen molar-refractivity contribution in [1.29, 1.82) is 0 Å². The zero-order valence-electron chi connectivity index (χ0n) is 57.0. The molecule has 87 heavy (non-hydrogen) atoms. The molecule has 1 heterocycles. The SMILES string of the molecule is CCCCCCCCCCCCCCCCC/C=C/CC/C=C/CC/C=C/CCCC(O)C(O)C(COC1OC(CO)C(O)C(O)C1O)NC(=O)C(O)CCCCCCCCCCCCCCCCCCCCCCCCCCCCCCCCCC. The van der Waals surface area contributed by atoms with Gasteiger partial charge in [-0.25, -0.2) is 0 Å². The average Bonchev–Trinajstić information content (AvgIpc) is 1.94. The van der Waals surface area contributed by atoms with E-state index in [2.05, 4.69) is 55.6 Å². The molecule has 1 amide bonds. The summed E-state index contributed by atoms with van der Waals surface area (Å²) in [6, 6.07) is -1.20. The first-order chi connectivity index (χ1) is 42.7. The van der Waals surface area contributed by atoms with Gasteiger partial charge in [0.2, 0.25) is 5.91 Å². The maximum absolute atomic E-state index is 13.3. The van der Waals surface area contributed by atoms with E-state index in [1.165, 1.54) is 283 Å². The topological polar surface area (TPSA) is 189 Å². The largest absolute Gasteiger partial charge is 0.394 e. The highest BCUT2D eigenvalue weighted by Crippen LogP contribution is 2.24. The maximum atomic E-state index is 13.3. The van der Waals surface area contributed by atoms with E-state index >= 15 is 0 Å². The highest BCUT2D eigenvalue weighted by atomic mass is 16.7. The smallest absolute Gasteiger partial charge is 0.249 e. The third-order valence-electron chi connectivity index (χ3n) is 18.4. The number of aliphatic hydroxyl groups is 7. The van der Waals surface area contributed by atoms with Crippen LogP contribution in [-0.4, -0.2) is 110 Å². The van der Waals surface area contributed by atoms with E-state index < -0.39 is 74.2 Å². The predicted octanol–water partition coefficient (Wildman–Crippen LogP) is 18.9. The normalized spacial score (nSPS) is 18.8. The van der Waals surface area contributed by atoms with Crippen LogP contribution in [0, 0.1) is 0 Å². The molecule has 0 spiro atoms. The van der Waals surface area contributed by atoms with E-state index in [-0.39, 0.29) is 12.8 Å². The van der Waals surface area contributed by atoms with Crippen LogP contribution in [0.4, 0.5) is 0 Å². The van der Waals surface area contributed by atoms with Gasteiger partial charge in [-0.2, -0.15) is 0 Å². The van der Waals surface area contributed by atoms with Crippen molar-refractivity contribution in [1.82, 2.24) is 5.32 Å². The maximum Gasteiger partial charge on any atom is 0.249 e. The molecule has 1 saturated heterocycles. The number of carbonyl (C=O) groups is 1. The lowest BCUT2D eigenvalue weighted by atomic mass is 9.98. The van der Waals surface area contributed by atoms with E-state index in [9.17, 15) is 40.5 Å². The highest BCUT2D eigenvalue weighted by molar-refractivity contribution is 5.80. The Kier molecular flexibility index (Phi) is 61.7. The van der Waals surface area contributed by atoms with Gasteiger partial charge in [0.15, 0.2) is 6.29 Å². The van der Waals surface area contributed by atoms with Gasteiger partial charge in [-0.1, -0.05) is 346 Å². The van der Waals surface area contributed by atoms with E-state index in [0.29, 0.717) is 19.3 Å². The predicted molar refractivity (Wildman–Crippen MR) is 367 cm³/mol. The first kappa shape index (κ1) is 83.3. The molecule has 0 saturated carbocycles. The van der Waals surface area contributed by atoms with Crippen LogP contribution in [-0.2, 0) is 14.3 Å². The van der Waals surface area contributed by atoms with Gasteiger partial charge < -0.3 is 50.5 Å². The van der Waals surface area contributed by atoms with E-state index in [1.807, 2.05) is 0 Å². The van der Waals surface area contributed by atoms with Crippen molar-refractivity contribution in [2.75, 3.05) is 13.2 Å². The Morgan fingerprint density at radius 1 is 0.391 bits per heavy atom. The number of carbonyl (C=O) groups excluding carboxylic acids is 1. The standard InChI is InChI=1S/C76H145NO10/c1-3-5-7-9-11-13-15-17-19-21-23-25-27-29-31-33-34-35-36-38-40-42-44-46-48-50-52-54-56-58-60-62-64-69(80)75(85)77-67(66-86-76-74(84)73(83)72(82)70(65-78)87-76)71(81)68(79)63-61-59-57-55-53-51-49-47-45-43-41-39-37-32-30-28-26-24-22-20-18-16-14-12-10-8-6-4-2/h39,41,47,49,55,57,67-74,76,78-84H,3-38,40,42-46,48,50-54,56,58-66H2,1-2H3,(H,77,85)/b41-39+,49-47+,57-55+. The van der Waals surface area contributed by atoms with Crippen LogP contribution in [0.25, 0.3) is 0 Å². The Bertz CT molecular complexity index is 1510. The minimum Gasteiger partial charge on any atom is -0.394 e. The van der Waals surface area contributed by atoms with E-state index in [1.54, 1.807) is 0 Å². The lowest BCUT2D eigenvalue weighted by molar-refractivity contribution is -0.303. The van der Waals surface area contributed by atoms with Crippen LogP contribution < -0.4 is 5.32 Å². The first-order valence-corrected chi connectivity index (χ1v) is 37.9. The quantitative estimate of drug-likeness (QED) is 0.0215. The minimum absolute atomic E-state index is 0.243. The summed E-state index contributed by atoms with van der Waals surface area (Å²) in [6.45, 7) is 3.50. The number of hydrogen-bond donors (Lipinski definition) is 8. The van der Waals surface area contributed by atoms with E-state index in [4.69, 9.17) is 9.47 Å². The molecule has 9 atom stereocenters. The lowest BCUT2D eigenvalue weighted by Gasteiger charge is -2.40. The second kappa shape index (κ2) is 64.4. The summed E-state index contributed by atoms with van der Waals surface area (Å²) in [6.07, 6.45) is 72.5. The van der Waals surface area contributed by atoms with Crippen LogP contribution in [0.2, 0.25) is 0 Å². The number of nitrogens with one attached hydrogen (secondary N) is 1. The summed E-state index contributed by atoms with van der Waals surface area (Å²) >= 11 is 0. The van der Waals surface area contributed by atoms with Crippen LogP contribution in [0.3, 0.4) is 0 Å². The molecule has 8 N–H and O–H groups in total. The third kappa shape index (κ3) is 51.5. The number of aliphatic hydroxyl groups excluding tert-OH is 7. The summed E-state index contributed by atoms with van der Waals surface area (Å²) in [5.74, 6) is -0.705. The molecule has 11 nitrogen and oxygen atoms in total. The zero-order chi connectivity index (χ0) is 63.1. The molecule has 0 bridgehead atoms. The molecule has 1 aliphatic rings. The van der Waals surface area contributed by atoms with Crippen LogP contribution in [0.15, 0.2) is 36.5 Å². The van der Waals surface area contributed by atoms with Gasteiger partial charge in [-0.05, 0) is 64.2 Å². The first-order valence-electron chi connectivity index (χ1n) is 37.9. The molecule has 1 rings (SSSR count). The molecule has 9 unspecified atom stereocenters. The fraction of sp³-hybridized carbons (Fsp3) is 0.908. The number of amides is 1. The molecule has 0 aromatic carbocycles. The summed E-state index contributed by atoms with van der Waals surface area (Å²) in [5.41, 5.74) is 0. The van der Waals surface area contributed by atoms with Crippen molar-refractivity contribution in [3.63, 3.8) is 0 Å². The van der Waals surface area contributed by atoms with Crippen molar-refractivity contribution in [3.05, 3.63) is 36.5 Å². The van der Waals surface area contributed by atoms with Crippen molar-refractivity contribution < 1.29 is 50.0 Å². The van der Waals surface area contributed by atoms with Crippen LogP contribution in [0.5, 0.6) is 0 Å². The molecule has 0 aromatic rings. The lowest BCUT2D eigenvalue weighted by Crippen LogP contribution is -2.60. The molecule has 0 aliphatic carbocycles. The zero-order valence-corrected chi connectivity index (χ0v) is 57.0. The van der Waals surface area contributed by atoms with Crippen molar-refractivity contribution >= 4 is 5.91 Å². The Labute approximate surface area is 537 Å². The molecular formula is C76H145NO10. The second-order valence-electron chi connectivity index (χ2n) is 26.7. The Morgan fingerprint density at radius 2 is 0.690 bits per heavy atom. The number of allylic oxidation sites excluding steroid dienone is 6. The molecule has 1 fully saturated rings. The Hall–Kier alpha value is -1.67. The summed E-state index contributed by atoms with van der Waals surface area (Å²) < 4.78 is 11.2. The molecule has 514 valence electrons. The van der Waals surface area contributed by atoms with Crippen molar-refractivity contribution in [2.24, 2.45) is 0 Å². The highest BCUT2D eigenvalue weighted by Gasteiger charge is 2.44. The monoisotopic (exact) mass is 1230 g/mol. The van der Waals surface area contributed by atoms with Gasteiger partial charge in [-0.3, -0.25) is 4.79 Å². The molecule has 1 aliphatic heterocycles. The average molecular weight is 1230 g/mol. The summed E-state index contributed by atoms with van der Waals surface area (Å²) in [7, 11) is 0. The number of hydrogen-bond acceptors (Lipinski definition) is 10. The third-order valence-corrected chi connectivity index (χ3v) is 18.4. The summed E-state index contributed by atoms with van der Waals surface area (Å²) in [4.78, 5) is 13.3. The fourth-order valence-electron chi connectivity index (χ4n) is 12.4. The molecule has 11 heteroatoms. The van der Waals surface area contributed by atoms with Crippen LogP contribution in [0.1, 0.15) is 373 Å². The van der Waals surface area contributed by atoms with Gasteiger partial charge >= 0.3 is 0 Å². The van der Waals surface area contributed by atoms with Gasteiger partial charge in [0, 0.05) is 0 Å². The van der Waals surface area contributed by atoms with Crippen molar-refractivity contribution in [2.45, 2.75) is 428 Å². The molecule has 0 aromatic heterocycles. The number of unbranched alkanes of at least 4 members (excludes halogenated alkanes) is 49. The van der Waals surface area contributed by atoms with Gasteiger partial charge in [0.1, 0.15) is 36.6 Å². The van der Waals surface area contributed by atoms with Crippen molar-refractivity contribution in [3.8, 4) is 0 Å². The van der Waals surface area contributed by atoms with Gasteiger partial charge in [0.25, 0.3) is 0 Å². The minimum atomic E-state index is -1.67.